The summed E-state index contributed by atoms with van der Waals surface area (Å²) in [5.74, 6) is 0. The summed E-state index contributed by atoms with van der Waals surface area (Å²) in [4.78, 5) is 0. The molecule has 0 amide bonds. The Morgan fingerprint density at radius 2 is 2.38 bits per heavy atom. The lowest BCUT2D eigenvalue weighted by Crippen LogP contribution is -2.20. The second-order valence-corrected chi connectivity index (χ2v) is 2.04. The number of hydrazine groups is 1. The summed E-state index contributed by atoms with van der Waals surface area (Å²) in [6.07, 6.45) is 3.46. The van der Waals surface area contributed by atoms with Crippen LogP contribution >= 0.6 is 15.9 Å². The van der Waals surface area contributed by atoms with Crippen LogP contribution in [-0.4, -0.2) is 7.05 Å². The maximum atomic E-state index is 3.53. The van der Waals surface area contributed by atoms with Crippen LogP contribution in [0.25, 0.3) is 0 Å². The van der Waals surface area contributed by atoms with E-state index in [2.05, 4.69) is 33.4 Å². The summed E-state index contributed by atoms with van der Waals surface area (Å²) in [7, 11) is 1.79. The first-order valence-electron chi connectivity index (χ1n) is 2.21. The molecule has 0 aliphatic heterocycles. The maximum Gasteiger partial charge on any atom is 0.0340 e. The molecule has 0 saturated carbocycles. The molecular formula is C5H9BrN2. The van der Waals surface area contributed by atoms with Gasteiger partial charge in [-0.25, -0.2) is 5.43 Å². The molecule has 0 radical (unpaired) electrons. The van der Waals surface area contributed by atoms with Crippen LogP contribution in [0, 0.1) is 0 Å². The van der Waals surface area contributed by atoms with Gasteiger partial charge in [-0.3, -0.25) is 0 Å². The molecule has 0 fully saturated rings. The molecule has 8 heavy (non-hydrogen) atoms. The average Bonchev–Trinajstić information content (AvgIpc) is 1.83. The zero-order valence-electron chi connectivity index (χ0n) is 4.74. The molecule has 0 bridgehead atoms. The largest absolute Gasteiger partial charge is 0.328 e. The first-order valence-corrected chi connectivity index (χ1v) is 3.01. The van der Waals surface area contributed by atoms with Crippen molar-refractivity contribution in [3.05, 3.63) is 23.3 Å². The highest BCUT2D eigenvalue weighted by Gasteiger charge is 1.75. The monoisotopic (exact) mass is 176 g/mol. The topological polar surface area (TPSA) is 24.1 Å². The molecule has 0 heterocycles. The van der Waals surface area contributed by atoms with E-state index in [1.54, 1.807) is 19.3 Å². The third kappa shape index (κ3) is 3.89. The van der Waals surface area contributed by atoms with Crippen LogP contribution in [0.3, 0.4) is 0 Å². The van der Waals surface area contributed by atoms with Crippen molar-refractivity contribution in [3.8, 4) is 0 Å². The summed E-state index contributed by atoms with van der Waals surface area (Å²) in [6.45, 7) is 3.53. The van der Waals surface area contributed by atoms with E-state index in [4.69, 9.17) is 0 Å². The molecule has 0 aromatic rings. The van der Waals surface area contributed by atoms with Crippen LogP contribution in [0.2, 0.25) is 0 Å². The van der Waals surface area contributed by atoms with Gasteiger partial charge in [0.1, 0.15) is 0 Å². The predicted octanol–water partition coefficient (Wildman–Crippen LogP) is 1.13. The minimum Gasteiger partial charge on any atom is -0.328 e. The van der Waals surface area contributed by atoms with Crippen molar-refractivity contribution < 1.29 is 0 Å². The number of hydrogen-bond acceptors (Lipinski definition) is 2. The second kappa shape index (κ2) is 4.87. The molecular weight excluding hydrogens is 168 g/mol. The quantitative estimate of drug-likeness (QED) is 0.498. The molecule has 2 N–H and O–H groups in total. The summed E-state index contributed by atoms with van der Waals surface area (Å²) in [5, 5.41) is 0. The third-order valence-corrected chi connectivity index (χ3v) is 1.10. The zero-order chi connectivity index (χ0) is 6.41. The van der Waals surface area contributed by atoms with Crippen LogP contribution in [0.1, 0.15) is 0 Å². The van der Waals surface area contributed by atoms with Gasteiger partial charge >= 0.3 is 0 Å². The van der Waals surface area contributed by atoms with E-state index < -0.39 is 0 Å². The highest BCUT2D eigenvalue weighted by Crippen LogP contribution is 2.01. The molecule has 0 atom stereocenters. The Morgan fingerprint density at radius 1 is 1.75 bits per heavy atom. The molecule has 2 nitrogen and oxygen atoms in total. The molecule has 0 rings (SSSR count). The third-order valence-electron chi connectivity index (χ3n) is 0.549. The van der Waals surface area contributed by atoms with Gasteiger partial charge in [-0.15, -0.1) is 0 Å². The van der Waals surface area contributed by atoms with Gasteiger partial charge in [-0.2, -0.15) is 0 Å². The molecule has 0 aromatic carbocycles. The van der Waals surface area contributed by atoms with Gasteiger partial charge in [0.25, 0.3) is 0 Å². The van der Waals surface area contributed by atoms with E-state index in [1.807, 2.05) is 0 Å². The molecule has 3 heteroatoms. The standard InChI is InChI=1S/C5H9BrN2/c1-3-5(6)4-8-7-2/h3-4,7-8H,1H2,2H3/b5-4+. The maximum absolute atomic E-state index is 3.53. The van der Waals surface area contributed by atoms with Crippen LogP contribution in [-0.2, 0) is 0 Å². The Kier molecular flexibility index (Phi) is 4.70. The number of halogens is 1. The number of hydrogen-bond donors (Lipinski definition) is 2. The van der Waals surface area contributed by atoms with Crippen molar-refractivity contribution in [2.45, 2.75) is 0 Å². The van der Waals surface area contributed by atoms with Crippen molar-refractivity contribution in [2.75, 3.05) is 7.05 Å². The van der Waals surface area contributed by atoms with Gasteiger partial charge in [-0.1, -0.05) is 12.7 Å². The molecule has 0 aliphatic carbocycles. The lowest BCUT2D eigenvalue weighted by Gasteiger charge is -1.93. The van der Waals surface area contributed by atoms with Gasteiger partial charge < -0.3 is 5.43 Å². The lowest BCUT2D eigenvalue weighted by molar-refractivity contribution is 0.730. The Bertz CT molecular complexity index is 98.6. The minimum atomic E-state index is 0.923. The van der Waals surface area contributed by atoms with Crippen molar-refractivity contribution in [1.29, 1.82) is 0 Å². The first kappa shape index (κ1) is 7.72. The van der Waals surface area contributed by atoms with E-state index in [-0.39, 0.29) is 0 Å². The van der Waals surface area contributed by atoms with E-state index in [1.165, 1.54) is 0 Å². The molecule has 0 unspecified atom stereocenters. The fourth-order valence-electron chi connectivity index (χ4n) is 0.200. The van der Waals surface area contributed by atoms with Crippen molar-refractivity contribution in [2.24, 2.45) is 0 Å². The predicted molar refractivity (Wildman–Crippen MR) is 39.4 cm³/mol. The van der Waals surface area contributed by atoms with Crippen molar-refractivity contribution in [3.63, 3.8) is 0 Å². The van der Waals surface area contributed by atoms with E-state index >= 15 is 0 Å². The number of nitrogens with one attached hydrogen (secondary N) is 2. The summed E-state index contributed by atoms with van der Waals surface area (Å²) < 4.78 is 0.923. The van der Waals surface area contributed by atoms with E-state index in [9.17, 15) is 0 Å². The molecule has 0 aliphatic rings. The van der Waals surface area contributed by atoms with Crippen LogP contribution in [0.4, 0.5) is 0 Å². The molecule has 0 aromatic heterocycles. The summed E-state index contributed by atoms with van der Waals surface area (Å²) >= 11 is 3.22. The van der Waals surface area contributed by atoms with Crippen molar-refractivity contribution >= 4 is 15.9 Å². The zero-order valence-corrected chi connectivity index (χ0v) is 6.33. The fourth-order valence-corrected chi connectivity index (χ4v) is 0.314. The second-order valence-electron chi connectivity index (χ2n) is 1.13. The number of rotatable bonds is 3. The SMILES string of the molecule is C=C/C(Br)=C\NNC. The van der Waals surface area contributed by atoms with Gasteiger partial charge in [0.2, 0.25) is 0 Å². The Balaban J connectivity index is 3.40. The van der Waals surface area contributed by atoms with Crippen LogP contribution in [0.15, 0.2) is 23.3 Å². The highest BCUT2D eigenvalue weighted by atomic mass is 79.9. The Hall–Kier alpha value is -0.280. The van der Waals surface area contributed by atoms with Gasteiger partial charge in [0.05, 0.1) is 0 Å². The van der Waals surface area contributed by atoms with E-state index in [0.29, 0.717) is 0 Å². The molecule has 0 saturated heterocycles. The van der Waals surface area contributed by atoms with Gasteiger partial charge in [0, 0.05) is 17.7 Å². The smallest absolute Gasteiger partial charge is 0.0340 e. The first-order chi connectivity index (χ1) is 3.81. The fraction of sp³-hybridized carbons (Fsp3) is 0.200. The Labute approximate surface area is 57.8 Å². The van der Waals surface area contributed by atoms with E-state index in [0.717, 1.165) is 4.48 Å². The molecule has 0 spiro atoms. The molecule has 46 valence electrons. The van der Waals surface area contributed by atoms with Gasteiger partial charge in [0.15, 0.2) is 0 Å². The normalized spacial score (nSPS) is 11.0. The minimum absolute atomic E-state index is 0.923. The van der Waals surface area contributed by atoms with Crippen LogP contribution < -0.4 is 10.9 Å². The summed E-state index contributed by atoms with van der Waals surface area (Å²) in [6, 6.07) is 0. The van der Waals surface area contributed by atoms with Crippen molar-refractivity contribution in [1.82, 2.24) is 10.9 Å². The van der Waals surface area contributed by atoms with Gasteiger partial charge in [-0.05, 0) is 15.9 Å². The highest BCUT2D eigenvalue weighted by molar-refractivity contribution is 9.11. The average molecular weight is 177 g/mol. The van der Waals surface area contributed by atoms with Crippen LogP contribution in [0.5, 0.6) is 0 Å². The lowest BCUT2D eigenvalue weighted by atomic mass is 10.6. The Morgan fingerprint density at radius 3 is 2.75 bits per heavy atom. The summed E-state index contributed by atoms with van der Waals surface area (Å²) in [5.41, 5.74) is 5.50. The number of allylic oxidation sites excluding steroid dienone is 2.